The van der Waals surface area contributed by atoms with Crippen LogP contribution in [0.15, 0.2) is 35.5 Å². The van der Waals surface area contributed by atoms with Crippen LogP contribution in [0.25, 0.3) is 0 Å². The number of carbonyl (C=O) groups excluding carboxylic acids is 2. The molecule has 0 fully saturated rings. The van der Waals surface area contributed by atoms with Gasteiger partial charge in [-0.2, -0.15) is 0 Å². The largest absolute Gasteiger partial charge is 0.467 e. The summed E-state index contributed by atoms with van der Waals surface area (Å²) in [6.45, 7) is 4.11. The molecule has 0 atom stereocenters. The van der Waals surface area contributed by atoms with Crippen molar-refractivity contribution in [3.05, 3.63) is 36.8 Å². The Kier molecular flexibility index (Phi) is 4.85. The van der Waals surface area contributed by atoms with Crippen LogP contribution < -0.4 is 10.6 Å². The number of rotatable bonds is 6. The van der Waals surface area contributed by atoms with Crippen LogP contribution in [0.3, 0.4) is 0 Å². The molecule has 0 bridgehead atoms. The highest BCUT2D eigenvalue weighted by Gasteiger charge is 2.08. The Hall–Kier alpha value is -2.04. The maximum Gasteiger partial charge on any atom is 0.229 e. The first kappa shape index (κ1) is 12.0. The van der Waals surface area contributed by atoms with E-state index < -0.39 is 0 Å². The van der Waals surface area contributed by atoms with Crippen molar-refractivity contribution >= 4 is 11.8 Å². The van der Waals surface area contributed by atoms with Crippen molar-refractivity contribution in [1.29, 1.82) is 0 Å². The molecule has 86 valence electrons. The van der Waals surface area contributed by atoms with Gasteiger partial charge in [-0.05, 0) is 12.1 Å². The van der Waals surface area contributed by atoms with Gasteiger partial charge in [0.15, 0.2) is 0 Å². The highest BCUT2D eigenvalue weighted by Crippen LogP contribution is 1.98. The van der Waals surface area contributed by atoms with Gasteiger partial charge in [0.1, 0.15) is 12.2 Å². The van der Waals surface area contributed by atoms with Gasteiger partial charge in [-0.25, -0.2) is 0 Å². The van der Waals surface area contributed by atoms with E-state index in [1.54, 1.807) is 18.2 Å². The summed E-state index contributed by atoms with van der Waals surface area (Å²) in [5.41, 5.74) is 0. The third-order valence-electron chi connectivity index (χ3n) is 1.80. The summed E-state index contributed by atoms with van der Waals surface area (Å²) in [6, 6.07) is 3.48. The van der Waals surface area contributed by atoms with E-state index in [0.717, 1.165) is 0 Å². The lowest BCUT2D eigenvalue weighted by Gasteiger charge is -2.03. The smallest absolute Gasteiger partial charge is 0.229 e. The average molecular weight is 222 g/mol. The number of hydrogen-bond acceptors (Lipinski definition) is 3. The van der Waals surface area contributed by atoms with Crippen LogP contribution in [0, 0.1) is 0 Å². The summed E-state index contributed by atoms with van der Waals surface area (Å²) < 4.78 is 5.03. The van der Waals surface area contributed by atoms with E-state index in [1.807, 2.05) is 0 Å². The SMILES string of the molecule is C=CCNC(=O)CC(=O)NCc1ccco1. The van der Waals surface area contributed by atoms with Crippen molar-refractivity contribution in [2.75, 3.05) is 6.54 Å². The van der Waals surface area contributed by atoms with Crippen molar-refractivity contribution in [3.8, 4) is 0 Å². The lowest BCUT2D eigenvalue weighted by atomic mass is 10.3. The first-order valence-electron chi connectivity index (χ1n) is 4.89. The molecular formula is C11H14N2O3. The van der Waals surface area contributed by atoms with E-state index >= 15 is 0 Å². The minimum absolute atomic E-state index is 0.186. The van der Waals surface area contributed by atoms with Crippen molar-refractivity contribution in [1.82, 2.24) is 10.6 Å². The molecule has 0 saturated carbocycles. The fraction of sp³-hybridized carbons (Fsp3) is 0.273. The lowest BCUT2D eigenvalue weighted by Crippen LogP contribution is -2.31. The van der Waals surface area contributed by atoms with Gasteiger partial charge in [0.25, 0.3) is 0 Å². The normalized spacial score (nSPS) is 9.50. The number of amides is 2. The molecule has 5 heteroatoms. The van der Waals surface area contributed by atoms with Crippen LogP contribution in [-0.4, -0.2) is 18.4 Å². The molecule has 5 nitrogen and oxygen atoms in total. The maximum absolute atomic E-state index is 11.3. The molecule has 0 aromatic carbocycles. The Morgan fingerprint density at radius 2 is 2.12 bits per heavy atom. The maximum atomic E-state index is 11.3. The van der Waals surface area contributed by atoms with Gasteiger partial charge < -0.3 is 15.1 Å². The molecule has 0 radical (unpaired) electrons. The summed E-state index contributed by atoms with van der Waals surface area (Å²) in [5, 5.41) is 5.09. The van der Waals surface area contributed by atoms with Gasteiger partial charge in [0.05, 0.1) is 12.8 Å². The molecule has 1 aromatic rings. The number of hydrogen-bond donors (Lipinski definition) is 2. The standard InChI is InChI=1S/C11H14N2O3/c1-2-5-12-10(14)7-11(15)13-8-9-4-3-6-16-9/h2-4,6H,1,5,7-8H2,(H,12,14)(H,13,15). The van der Waals surface area contributed by atoms with Gasteiger partial charge in [-0.1, -0.05) is 6.08 Å². The highest BCUT2D eigenvalue weighted by molar-refractivity contribution is 5.96. The van der Waals surface area contributed by atoms with Gasteiger partial charge in [0.2, 0.25) is 11.8 Å². The van der Waals surface area contributed by atoms with E-state index in [9.17, 15) is 9.59 Å². The van der Waals surface area contributed by atoms with Gasteiger partial charge in [-0.15, -0.1) is 6.58 Å². The highest BCUT2D eigenvalue weighted by atomic mass is 16.3. The molecule has 0 spiro atoms. The number of nitrogens with one attached hydrogen (secondary N) is 2. The zero-order valence-corrected chi connectivity index (χ0v) is 8.86. The van der Waals surface area contributed by atoms with Crippen molar-refractivity contribution in [2.24, 2.45) is 0 Å². The minimum Gasteiger partial charge on any atom is -0.467 e. The summed E-state index contributed by atoms with van der Waals surface area (Å²) in [5.74, 6) is -0.00495. The molecule has 1 aromatic heterocycles. The van der Waals surface area contributed by atoms with E-state index in [1.165, 1.54) is 6.26 Å². The van der Waals surface area contributed by atoms with Crippen LogP contribution in [0.2, 0.25) is 0 Å². The topological polar surface area (TPSA) is 71.3 Å². The summed E-state index contributed by atoms with van der Waals surface area (Å²) in [6.07, 6.45) is 2.89. The minimum atomic E-state index is -0.335. The summed E-state index contributed by atoms with van der Waals surface area (Å²) in [4.78, 5) is 22.4. The van der Waals surface area contributed by atoms with Crippen molar-refractivity contribution in [3.63, 3.8) is 0 Å². The molecule has 2 amide bonds. The quantitative estimate of drug-likeness (QED) is 0.546. The fourth-order valence-corrected chi connectivity index (χ4v) is 1.06. The first-order chi connectivity index (χ1) is 7.72. The molecule has 0 unspecified atom stereocenters. The summed E-state index contributed by atoms with van der Waals surface area (Å²) in [7, 11) is 0. The third-order valence-corrected chi connectivity index (χ3v) is 1.80. The molecule has 16 heavy (non-hydrogen) atoms. The van der Waals surface area contributed by atoms with Crippen LogP contribution in [-0.2, 0) is 16.1 Å². The van der Waals surface area contributed by atoms with Crippen LogP contribution in [0.4, 0.5) is 0 Å². The van der Waals surface area contributed by atoms with E-state index in [2.05, 4.69) is 17.2 Å². The monoisotopic (exact) mass is 222 g/mol. The Morgan fingerprint density at radius 1 is 1.38 bits per heavy atom. The fourth-order valence-electron chi connectivity index (χ4n) is 1.06. The van der Waals surface area contributed by atoms with E-state index in [-0.39, 0.29) is 18.2 Å². The Bertz CT molecular complexity index is 357. The third kappa shape index (κ3) is 4.45. The first-order valence-corrected chi connectivity index (χ1v) is 4.89. The molecule has 0 saturated heterocycles. The van der Waals surface area contributed by atoms with Gasteiger partial charge in [-0.3, -0.25) is 9.59 Å². The van der Waals surface area contributed by atoms with Crippen molar-refractivity contribution in [2.45, 2.75) is 13.0 Å². The lowest BCUT2D eigenvalue weighted by molar-refractivity contribution is -0.129. The molecule has 2 N–H and O–H groups in total. The van der Waals surface area contributed by atoms with Gasteiger partial charge in [0, 0.05) is 6.54 Å². The van der Waals surface area contributed by atoms with Crippen molar-refractivity contribution < 1.29 is 14.0 Å². The number of furan rings is 1. The average Bonchev–Trinajstić information content (AvgIpc) is 2.76. The van der Waals surface area contributed by atoms with E-state index in [0.29, 0.717) is 18.8 Å². The molecule has 0 aliphatic carbocycles. The second kappa shape index (κ2) is 6.44. The summed E-state index contributed by atoms with van der Waals surface area (Å²) >= 11 is 0. The molecule has 0 aliphatic rings. The molecule has 1 heterocycles. The van der Waals surface area contributed by atoms with Crippen LogP contribution >= 0.6 is 0 Å². The zero-order chi connectivity index (χ0) is 11.8. The second-order valence-corrected chi connectivity index (χ2v) is 3.13. The van der Waals surface area contributed by atoms with E-state index in [4.69, 9.17) is 4.42 Å². The second-order valence-electron chi connectivity index (χ2n) is 3.13. The molecular weight excluding hydrogens is 208 g/mol. The molecule has 0 aliphatic heterocycles. The van der Waals surface area contributed by atoms with Crippen LogP contribution in [0.5, 0.6) is 0 Å². The predicted molar refractivity (Wildman–Crippen MR) is 58.4 cm³/mol. The van der Waals surface area contributed by atoms with Gasteiger partial charge >= 0.3 is 0 Å². The Morgan fingerprint density at radius 3 is 2.75 bits per heavy atom. The zero-order valence-electron chi connectivity index (χ0n) is 8.86. The predicted octanol–water partition coefficient (Wildman–Crippen LogP) is 0.588. The molecule has 1 rings (SSSR count). The Balaban J connectivity index is 2.20. The number of carbonyl (C=O) groups is 2. The Labute approximate surface area is 93.5 Å². The van der Waals surface area contributed by atoms with Crippen LogP contribution in [0.1, 0.15) is 12.2 Å².